The molecule has 1 aromatic heterocycles. The molecule has 0 aromatic carbocycles. The molecule has 0 unspecified atom stereocenters. The van der Waals surface area contributed by atoms with Crippen molar-refractivity contribution in [3.05, 3.63) is 25.7 Å². The minimum absolute atomic E-state index is 0.114. The number of nitrogens with zero attached hydrogens (tertiary/aromatic N) is 2. The van der Waals surface area contributed by atoms with E-state index >= 15 is 0 Å². The van der Waals surface area contributed by atoms with Crippen LogP contribution in [0.4, 0.5) is 11.5 Å². The van der Waals surface area contributed by atoms with Crippen molar-refractivity contribution in [2.75, 3.05) is 5.73 Å². The summed E-state index contributed by atoms with van der Waals surface area (Å²) in [6.07, 6.45) is 0. The van der Waals surface area contributed by atoms with Gasteiger partial charge in [-0.1, -0.05) is 13.8 Å². The van der Waals surface area contributed by atoms with Crippen LogP contribution >= 0.6 is 0 Å². The molecule has 0 aliphatic carbocycles. The van der Waals surface area contributed by atoms with Crippen molar-refractivity contribution in [1.82, 2.24) is 9.13 Å². The Morgan fingerprint density at radius 3 is 2.38 bits per heavy atom. The van der Waals surface area contributed by atoms with Crippen molar-refractivity contribution < 1.29 is 5.18 Å². The molecule has 0 fully saturated rings. The first kappa shape index (κ1) is 12.2. The number of nitrogens with one attached hydrogen (secondary N) is 1. The van der Waals surface area contributed by atoms with Crippen LogP contribution in [0.5, 0.6) is 0 Å². The van der Waals surface area contributed by atoms with Gasteiger partial charge in [-0.2, -0.15) is 0 Å². The van der Waals surface area contributed by atoms with Crippen LogP contribution in [0, 0.1) is 10.8 Å². The predicted molar refractivity (Wildman–Crippen MR) is 59.2 cm³/mol. The molecule has 0 saturated carbocycles. The maximum Gasteiger partial charge on any atom is 0.358 e. The molecule has 1 rings (SSSR count). The fourth-order valence-corrected chi connectivity index (χ4v) is 1.42. The Hall–Kier alpha value is -1.92. The molecule has 0 amide bonds. The number of aromatic nitrogens is 2. The van der Waals surface area contributed by atoms with Gasteiger partial charge in [0.1, 0.15) is 0 Å². The highest BCUT2D eigenvalue weighted by Crippen LogP contribution is 2.06. The number of nitrogen functional groups attached to an aromatic ring is 1. The van der Waals surface area contributed by atoms with Crippen molar-refractivity contribution in [1.29, 1.82) is 0 Å². The average molecular weight is 227 g/mol. The summed E-state index contributed by atoms with van der Waals surface area (Å²) in [6, 6.07) is 0. The summed E-state index contributed by atoms with van der Waals surface area (Å²) < 4.78 is 2.07. The smallest absolute Gasteiger partial charge is 0.358 e. The Bertz CT molecular complexity index is 527. The summed E-state index contributed by atoms with van der Waals surface area (Å²) in [7, 11) is 1.31. The van der Waals surface area contributed by atoms with Gasteiger partial charge in [0.2, 0.25) is 0 Å². The van der Waals surface area contributed by atoms with Crippen LogP contribution in [0.25, 0.3) is 0 Å². The quantitative estimate of drug-likeness (QED) is 0.640. The van der Waals surface area contributed by atoms with E-state index in [0.29, 0.717) is 6.54 Å². The van der Waals surface area contributed by atoms with E-state index in [4.69, 9.17) is 5.73 Å². The second-order valence-corrected chi connectivity index (χ2v) is 4.01. The molecule has 0 saturated heterocycles. The highest BCUT2D eigenvalue weighted by atomic mass is 16.3. The Balaban J connectivity index is 3.62. The molecule has 0 radical (unpaired) electrons. The molecule has 3 N–H and O–H groups in total. The van der Waals surface area contributed by atoms with Crippen LogP contribution in [0.2, 0.25) is 0 Å². The Kier molecular flexibility index (Phi) is 3.26. The van der Waals surface area contributed by atoms with Gasteiger partial charge < -0.3 is 5.73 Å². The lowest BCUT2D eigenvalue weighted by atomic mass is 10.2. The van der Waals surface area contributed by atoms with Crippen molar-refractivity contribution in [2.24, 2.45) is 13.0 Å². The van der Waals surface area contributed by atoms with Crippen LogP contribution in [-0.2, 0) is 13.6 Å². The maximum absolute atomic E-state index is 11.7. The number of anilines is 1. The van der Waals surface area contributed by atoms with E-state index in [0.717, 1.165) is 4.57 Å². The second kappa shape index (κ2) is 4.30. The number of nitroso groups, excluding NO2 is 1. The third kappa shape index (κ3) is 1.88. The third-order valence-electron chi connectivity index (χ3n) is 2.23. The molecule has 0 aliphatic rings. The third-order valence-corrected chi connectivity index (χ3v) is 2.23. The lowest BCUT2D eigenvalue weighted by Crippen LogP contribution is -2.62. The van der Waals surface area contributed by atoms with Gasteiger partial charge in [0, 0.05) is 23.7 Å². The molecule has 88 valence electrons. The van der Waals surface area contributed by atoms with Gasteiger partial charge in [-0.05, 0) is 5.92 Å². The number of hydrogen-bond acceptors (Lipinski definition) is 4. The van der Waals surface area contributed by atoms with Crippen molar-refractivity contribution in [3.8, 4) is 0 Å². The Morgan fingerprint density at radius 2 is 1.94 bits per heavy atom. The van der Waals surface area contributed by atoms with Gasteiger partial charge >= 0.3 is 16.9 Å². The lowest BCUT2D eigenvalue weighted by molar-refractivity contribution is -0.380. The van der Waals surface area contributed by atoms with E-state index in [-0.39, 0.29) is 17.4 Å². The van der Waals surface area contributed by atoms with Crippen LogP contribution < -0.4 is 22.2 Å². The molecule has 7 heteroatoms. The largest absolute Gasteiger partial charge is 0.379 e. The Labute approximate surface area is 91.5 Å². The molecule has 1 heterocycles. The summed E-state index contributed by atoms with van der Waals surface area (Å²) in [5.74, 6) is 0.0637. The van der Waals surface area contributed by atoms with Crippen LogP contribution in [-0.4, -0.2) is 9.13 Å². The first-order valence-electron chi connectivity index (χ1n) is 4.87. The molecule has 0 bridgehead atoms. The minimum Gasteiger partial charge on any atom is -0.379 e. The zero-order chi connectivity index (χ0) is 12.5. The summed E-state index contributed by atoms with van der Waals surface area (Å²) >= 11 is 0. The van der Waals surface area contributed by atoms with Crippen LogP contribution in [0.1, 0.15) is 13.8 Å². The first-order chi connectivity index (χ1) is 7.40. The fraction of sp³-hybridized carbons (Fsp3) is 0.556. The highest BCUT2D eigenvalue weighted by Gasteiger charge is 2.20. The zero-order valence-corrected chi connectivity index (χ0v) is 9.48. The molecule has 0 atom stereocenters. The van der Waals surface area contributed by atoms with Gasteiger partial charge in [0.15, 0.2) is 5.82 Å². The van der Waals surface area contributed by atoms with Gasteiger partial charge in [0.25, 0.3) is 0 Å². The average Bonchev–Trinajstić information content (AvgIpc) is 2.22. The highest BCUT2D eigenvalue weighted by molar-refractivity contribution is 5.49. The fourth-order valence-electron chi connectivity index (χ4n) is 1.42. The molecular formula is C9H15N4O3+. The monoisotopic (exact) mass is 227 g/mol. The van der Waals surface area contributed by atoms with Gasteiger partial charge in [-0.3, -0.25) is 13.9 Å². The van der Waals surface area contributed by atoms with E-state index in [1.165, 1.54) is 16.8 Å². The minimum atomic E-state index is -0.711. The van der Waals surface area contributed by atoms with Crippen molar-refractivity contribution >= 4 is 11.5 Å². The number of hydrogen-bond donors (Lipinski definition) is 2. The molecule has 1 aromatic rings. The summed E-state index contributed by atoms with van der Waals surface area (Å²) in [5.41, 5.74) is 4.08. The van der Waals surface area contributed by atoms with Crippen LogP contribution in [0.3, 0.4) is 0 Å². The summed E-state index contributed by atoms with van der Waals surface area (Å²) in [4.78, 5) is 33.8. The van der Waals surface area contributed by atoms with E-state index in [2.05, 4.69) is 0 Å². The van der Waals surface area contributed by atoms with Gasteiger partial charge in [-0.15, -0.1) is 0 Å². The number of rotatable bonds is 3. The van der Waals surface area contributed by atoms with E-state index in [9.17, 15) is 14.5 Å². The van der Waals surface area contributed by atoms with Crippen LogP contribution in [0.15, 0.2) is 9.59 Å². The van der Waals surface area contributed by atoms with Crippen molar-refractivity contribution in [3.63, 3.8) is 0 Å². The molecule has 16 heavy (non-hydrogen) atoms. The first-order valence-corrected chi connectivity index (χ1v) is 4.87. The zero-order valence-electron chi connectivity index (χ0n) is 9.48. The molecule has 0 spiro atoms. The number of nitrogens with two attached hydrogens (primary N) is 1. The van der Waals surface area contributed by atoms with Gasteiger partial charge in [-0.25, -0.2) is 4.79 Å². The SMILES string of the molecule is CC(C)Cn1c(N)c([NH+]=O)c(=O)n(C)c1=O. The van der Waals surface area contributed by atoms with E-state index in [1.54, 1.807) is 0 Å². The predicted octanol–water partition coefficient (Wildman–Crippen LogP) is -1.74. The standard InChI is InChI=1S/C9H14N4O3/c1-5(2)4-13-7(10)6(11-16)8(14)12(3)9(13)15/h5H,4,10H2,1-3H3/p+1. The Morgan fingerprint density at radius 1 is 1.38 bits per heavy atom. The topological polar surface area (TPSA) is 101 Å². The second-order valence-electron chi connectivity index (χ2n) is 4.01. The maximum atomic E-state index is 11.7. The molecule has 0 aliphatic heterocycles. The van der Waals surface area contributed by atoms with E-state index < -0.39 is 11.2 Å². The summed E-state index contributed by atoms with van der Waals surface area (Å²) in [6.45, 7) is 4.16. The van der Waals surface area contributed by atoms with E-state index in [1.807, 2.05) is 13.8 Å². The summed E-state index contributed by atoms with van der Waals surface area (Å²) in [5, 5.41) is 1.48. The normalized spacial score (nSPS) is 10.8. The van der Waals surface area contributed by atoms with Gasteiger partial charge in [0.05, 0.1) is 0 Å². The molecule has 7 nitrogen and oxygen atoms in total. The van der Waals surface area contributed by atoms with Crippen molar-refractivity contribution in [2.45, 2.75) is 20.4 Å². The lowest BCUT2D eigenvalue weighted by Gasteiger charge is -2.11. The molecular weight excluding hydrogens is 212 g/mol.